The molecular weight excluding hydrogens is 278 g/mol. The van der Waals surface area contributed by atoms with Crippen LogP contribution in [0, 0.1) is 0 Å². The molecule has 2 heterocycles. The van der Waals surface area contributed by atoms with Gasteiger partial charge in [0.2, 0.25) is 0 Å². The van der Waals surface area contributed by atoms with Gasteiger partial charge in [0.25, 0.3) is 5.56 Å². The number of para-hydroxylation sites is 2. The number of nitrogens with zero attached hydrogens (tertiary/aromatic N) is 1. The third kappa shape index (κ3) is 2.88. The lowest BCUT2D eigenvalue weighted by Crippen LogP contribution is -2.31. The van der Waals surface area contributed by atoms with Crippen LogP contribution in [0.15, 0.2) is 40.3 Å². The second-order valence-corrected chi connectivity index (χ2v) is 5.29. The van der Waals surface area contributed by atoms with Crippen molar-refractivity contribution in [3.05, 3.63) is 40.7 Å². The van der Waals surface area contributed by atoms with Crippen molar-refractivity contribution in [1.82, 2.24) is 9.97 Å². The SMILES string of the molecule is Nc1cc(=O)[nH]c(SCC2COc3ccccc3O2)n1. The second kappa shape index (κ2) is 5.46. The molecule has 1 aliphatic rings. The van der Waals surface area contributed by atoms with Crippen molar-refractivity contribution in [3.8, 4) is 11.5 Å². The Bertz CT molecular complexity index is 674. The molecule has 2 aromatic rings. The van der Waals surface area contributed by atoms with Crippen molar-refractivity contribution in [1.29, 1.82) is 0 Å². The molecule has 0 bridgehead atoms. The Balaban J connectivity index is 1.64. The van der Waals surface area contributed by atoms with E-state index in [0.29, 0.717) is 17.5 Å². The molecule has 3 N–H and O–H groups in total. The lowest BCUT2D eigenvalue weighted by molar-refractivity contribution is 0.107. The van der Waals surface area contributed by atoms with E-state index >= 15 is 0 Å². The van der Waals surface area contributed by atoms with E-state index in [1.165, 1.54) is 17.8 Å². The molecule has 1 unspecified atom stereocenters. The quantitative estimate of drug-likeness (QED) is 0.654. The molecule has 0 aliphatic carbocycles. The highest BCUT2D eigenvalue weighted by Gasteiger charge is 2.21. The van der Waals surface area contributed by atoms with Crippen molar-refractivity contribution in [2.24, 2.45) is 0 Å². The summed E-state index contributed by atoms with van der Waals surface area (Å²) in [4.78, 5) is 18.0. The standard InChI is InChI=1S/C13H13N3O3S/c14-11-5-12(17)16-13(15-11)20-7-8-6-18-9-3-1-2-4-10(9)19-8/h1-5,8H,6-7H2,(H3,14,15,16,17). The number of fused-ring (bicyclic) bond motifs is 1. The van der Waals surface area contributed by atoms with Crippen LogP contribution in [-0.4, -0.2) is 28.4 Å². The Morgan fingerprint density at radius 1 is 1.40 bits per heavy atom. The molecule has 1 atom stereocenters. The molecular formula is C13H13N3O3S. The molecule has 1 aromatic carbocycles. The van der Waals surface area contributed by atoms with Crippen LogP contribution in [-0.2, 0) is 0 Å². The van der Waals surface area contributed by atoms with E-state index < -0.39 is 0 Å². The van der Waals surface area contributed by atoms with Crippen LogP contribution < -0.4 is 20.8 Å². The molecule has 3 rings (SSSR count). The summed E-state index contributed by atoms with van der Waals surface area (Å²) in [5.41, 5.74) is 5.27. The van der Waals surface area contributed by atoms with Gasteiger partial charge in [-0.15, -0.1) is 0 Å². The normalized spacial score (nSPS) is 16.9. The average molecular weight is 291 g/mol. The first-order valence-corrected chi connectivity index (χ1v) is 7.07. The number of nitrogens with two attached hydrogens (primary N) is 1. The molecule has 1 aliphatic heterocycles. The summed E-state index contributed by atoms with van der Waals surface area (Å²) < 4.78 is 11.4. The Kier molecular flexibility index (Phi) is 3.51. The number of thioether (sulfide) groups is 1. The molecule has 104 valence electrons. The number of nitrogen functional groups attached to an aromatic ring is 1. The van der Waals surface area contributed by atoms with Crippen LogP contribution in [0.25, 0.3) is 0 Å². The van der Waals surface area contributed by atoms with Crippen LogP contribution in [0.2, 0.25) is 0 Å². The number of aromatic amines is 1. The summed E-state index contributed by atoms with van der Waals surface area (Å²) in [5.74, 6) is 2.31. The van der Waals surface area contributed by atoms with E-state index in [0.717, 1.165) is 11.5 Å². The molecule has 0 fully saturated rings. The maximum atomic E-state index is 11.3. The first kappa shape index (κ1) is 12.9. The fraction of sp³-hybridized carbons (Fsp3) is 0.231. The molecule has 0 amide bonds. The minimum absolute atomic E-state index is 0.0957. The number of rotatable bonds is 3. The molecule has 0 spiro atoms. The maximum absolute atomic E-state index is 11.3. The summed E-state index contributed by atoms with van der Waals surface area (Å²) in [6.07, 6.45) is -0.0957. The third-order valence-corrected chi connectivity index (χ3v) is 3.72. The van der Waals surface area contributed by atoms with Crippen molar-refractivity contribution in [2.75, 3.05) is 18.1 Å². The topological polar surface area (TPSA) is 90.2 Å². The highest BCUT2D eigenvalue weighted by atomic mass is 32.2. The first-order chi connectivity index (χ1) is 9.70. The smallest absolute Gasteiger partial charge is 0.253 e. The third-order valence-electron chi connectivity index (χ3n) is 2.71. The zero-order chi connectivity index (χ0) is 13.9. The summed E-state index contributed by atoms with van der Waals surface area (Å²) in [6.45, 7) is 0.469. The number of benzene rings is 1. The number of hydrogen-bond acceptors (Lipinski definition) is 6. The summed E-state index contributed by atoms with van der Waals surface area (Å²) in [7, 11) is 0. The lowest BCUT2D eigenvalue weighted by atomic mass is 10.3. The minimum atomic E-state index is -0.258. The fourth-order valence-electron chi connectivity index (χ4n) is 1.84. The van der Waals surface area contributed by atoms with Crippen molar-refractivity contribution in [3.63, 3.8) is 0 Å². The van der Waals surface area contributed by atoms with Crippen molar-refractivity contribution < 1.29 is 9.47 Å². The molecule has 0 radical (unpaired) electrons. The second-order valence-electron chi connectivity index (χ2n) is 4.28. The van der Waals surface area contributed by atoms with Gasteiger partial charge in [-0.05, 0) is 12.1 Å². The van der Waals surface area contributed by atoms with Gasteiger partial charge in [-0.1, -0.05) is 23.9 Å². The Morgan fingerprint density at radius 2 is 2.20 bits per heavy atom. The van der Waals surface area contributed by atoms with Crippen molar-refractivity contribution >= 4 is 17.6 Å². The monoisotopic (exact) mass is 291 g/mol. The van der Waals surface area contributed by atoms with Gasteiger partial charge in [-0.2, -0.15) is 0 Å². The van der Waals surface area contributed by atoms with Gasteiger partial charge >= 0.3 is 0 Å². The van der Waals surface area contributed by atoms with Crippen LogP contribution in [0.3, 0.4) is 0 Å². The predicted octanol–water partition coefficient (Wildman–Crippen LogP) is 1.28. The fourth-order valence-corrected chi connectivity index (χ4v) is 2.69. The Labute approximate surface area is 119 Å². The number of aromatic nitrogens is 2. The van der Waals surface area contributed by atoms with Gasteiger partial charge in [0.1, 0.15) is 18.5 Å². The van der Waals surface area contributed by atoms with Crippen LogP contribution in [0.5, 0.6) is 11.5 Å². The number of nitrogens with one attached hydrogen (secondary N) is 1. The van der Waals surface area contributed by atoms with E-state index in [9.17, 15) is 4.79 Å². The van der Waals surface area contributed by atoms with Crippen LogP contribution in [0.1, 0.15) is 0 Å². The highest BCUT2D eigenvalue weighted by Crippen LogP contribution is 2.32. The van der Waals surface area contributed by atoms with Gasteiger partial charge in [0.15, 0.2) is 16.7 Å². The molecule has 20 heavy (non-hydrogen) atoms. The number of anilines is 1. The van der Waals surface area contributed by atoms with Gasteiger partial charge in [0, 0.05) is 11.8 Å². The lowest BCUT2D eigenvalue weighted by Gasteiger charge is -2.25. The van der Waals surface area contributed by atoms with E-state index in [4.69, 9.17) is 15.2 Å². The predicted molar refractivity (Wildman–Crippen MR) is 76.3 cm³/mol. The first-order valence-electron chi connectivity index (χ1n) is 6.09. The Hall–Kier alpha value is -2.15. The van der Waals surface area contributed by atoms with Crippen molar-refractivity contribution in [2.45, 2.75) is 11.3 Å². The van der Waals surface area contributed by atoms with Crippen LogP contribution >= 0.6 is 11.8 Å². The molecule has 7 heteroatoms. The minimum Gasteiger partial charge on any atom is -0.486 e. The number of hydrogen-bond donors (Lipinski definition) is 2. The molecule has 1 aromatic heterocycles. The van der Waals surface area contributed by atoms with E-state index in [1.54, 1.807) is 0 Å². The largest absolute Gasteiger partial charge is 0.486 e. The highest BCUT2D eigenvalue weighted by molar-refractivity contribution is 7.99. The van der Waals surface area contributed by atoms with Crippen LogP contribution in [0.4, 0.5) is 5.82 Å². The average Bonchev–Trinajstić information content (AvgIpc) is 2.44. The van der Waals surface area contributed by atoms with E-state index in [1.807, 2.05) is 24.3 Å². The van der Waals surface area contributed by atoms with Gasteiger partial charge in [0.05, 0.1) is 0 Å². The zero-order valence-corrected chi connectivity index (χ0v) is 11.4. The number of ether oxygens (including phenoxy) is 2. The summed E-state index contributed by atoms with van der Waals surface area (Å²) in [5, 5.41) is 0.484. The Morgan fingerprint density at radius 3 is 3.00 bits per heavy atom. The molecule has 0 saturated heterocycles. The summed E-state index contributed by atoms with van der Waals surface area (Å²) in [6, 6.07) is 8.79. The maximum Gasteiger partial charge on any atom is 0.253 e. The van der Waals surface area contributed by atoms with E-state index in [-0.39, 0.29) is 17.5 Å². The van der Waals surface area contributed by atoms with Gasteiger partial charge in [-0.25, -0.2) is 4.98 Å². The summed E-state index contributed by atoms with van der Waals surface area (Å²) >= 11 is 1.38. The molecule has 0 saturated carbocycles. The zero-order valence-electron chi connectivity index (χ0n) is 10.5. The van der Waals surface area contributed by atoms with E-state index in [2.05, 4.69) is 9.97 Å². The van der Waals surface area contributed by atoms with Gasteiger partial charge < -0.3 is 20.2 Å². The van der Waals surface area contributed by atoms with Gasteiger partial charge in [-0.3, -0.25) is 4.79 Å². The number of H-pyrrole nitrogens is 1. The molecule has 6 nitrogen and oxygen atoms in total.